The first-order valence-electron chi connectivity index (χ1n) is 13.6. The Morgan fingerprint density at radius 1 is 1.07 bits per heavy atom. The van der Waals surface area contributed by atoms with Crippen molar-refractivity contribution in [1.29, 1.82) is 0 Å². The molecule has 0 aliphatic carbocycles. The smallest absolute Gasteiger partial charge is 0.490 e. The highest BCUT2D eigenvalue weighted by Gasteiger charge is 2.47. The molecule has 14 heteroatoms. The molecule has 1 fully saturated rings. The molecule has 4 aliphatic rings. The predicted octanol–water partition coefficient (Wildman–Crippen LogP) is 2.50. The first-order chi connectivity index (χ1) is 20.9. The minimum Gasteiger partial charge on any atom is -0.490 e. The van der Waals surface area contributed by atoms with Crippen molar-refractivity contribution in [2.45, 2.75) is 18.8 Å². The number of rotatable bonds is 4. The average molecular weight is 597 g/mol. The molecule has 1 amide bonds. The Balaban J connectivity index is 1.47. The van der Waals surface area contributed by atoms with Crippen LogP contribution in [0.15, 0.2) is 47.4 Å². The van der Waals surface area contributed by atoms with E-state index >= 15 is 4.39 Å². The summed E-state index contributed by atoms with van der Waals surface area (Å²) >= 11 is 0. The van der Waals surface area contributed by atoms with E-state index in [1.807, 2.05) is 28.1 Å². The number of methoxy groups -OCH3 is 1. The number of aromatic nitrogens is 1. The number of carbonyl (C=O) groups excluding carboxylic acids is 2. The lowest BCUT2D eigenvalue weighted by Gasteiger charge is -2.51. The molecule has 0 radical (unpaired) electrons. The fraction of sp³-hybridized carbons (Fsp3) is 0.345. The van der Waals surface area contributed by atoms with Gasteiger partial charge in [0.25, 0.3) is 5.91 Å². The number of amides is 1. The van der Waals surface area contributed by atoms with Gasteiger partial charge >= 0.3 is 6.16 Å². The van der Waals surface area contributed by atoms with Gasteiger partial charge in [0.1, 0.15) is 24.6 Å². The third-order valence-electron chi connectivity index (χ3n) is 8.10. The largest absolute Gasteiger partial charge is 0.510 e. The third kappa shape index (κ3) is 4.23. The van der Waals surface area contributed by atoms with Crippen LogP contribution in [0.4, 0.5) is 19.3 Å². The monoisotopic (exact) mass is 596 g/mol. The Morgan fingerprint density at radius 3 is 2.77 bits per heavy atom. The number of ether oxygens (including phenoxy) is 5. The summed E-state index contributed by atoms with van der Waals surface area (Å²) < 4.78 is 58.5. The molecule has 12 nitrogen and oxygen atoms in total. The number of hydrogen-bond donors (Lipinski definition) is 0. The minimum atomic E-state index is -1.03. The van der Waals surface area contributed by atoms with Gasteiger partial charge in [0.15, 0.2) is 17.3 Å². The number of para-hydroxylation sites is 1. The number of carbonyl (C=O) groups is 2. The molecule has 4 aliphatic heterocycles. The number of halogens is 2. The summed E-state index contributed by atoms with van der Waals surface area (Å²) in [4.78, 5) is 42.0. The zero-order valence-corrected chi connectivity index (χ0v) is 23.0. The van der Waals surface area contributed by atoms with Gasteiger partial charge in [0.05, 0.1) is 32.6 Å². The predicted molar refractivity (Wildman–Crippen MR) is 145 cm³/mol. The molecule has 3 aromatic rings. The van der Waals surface area contributed by atoms with E-state index in [0.717, 1.165) is 24.4 Å². The molecule has 5 heterocycles. The Kier molecular flexibility index (Phi) is 6.57. The number of fused-ring (bicyclic) bond motifs is 3. The van der Waals surface area contributed by atoms with Crippen LogP contribution in [0.5, 0.6) is 11.5 Å². The van der Waals surface area contributed by atoms with Crippen molar-refractivity contribution in [3.63, 3.8) is 0 Å². The standard InChI is InChI=1S/C29H26F2N4O8/c1-39-29(38)43-15-42-27-20(36)7-8-34-26(27)28(37)33-10-11-40-14-22(33)35(34)24-16-5-6-19(30)23(31)18(16)13-32-9-12-41-21-4-2-3-17(24)25(21)32/h2-8,22,24H,9-15H2,1H3. The summed E-state index contributed by atoms with van der Waals surface area (Å²) in [7, 11) is 1.12. The summed E-state index contributed by atoms with van der Waals surface area (Å²) in [6.45, 7) is 0.770. The van der Waals surface area contributed by atoms with Crippen molar-refractivity contribution in [2.24, 2.45) is 0 Å². The molecule has 1 saturated heterocycles. The normalized spacial score (nSPS) is 20.2. The van der Waals surface area contributed by atoms with Gasteiger partial charge in [-0.1, -0.05) is 18.2 Å². The number of hydrogen-bond acceptors (Lipinski definition) is 10. The molecule has 0 spiro atoms. The highest BCUT2D eigenvalue weighted by atomic mass is 19.2. The highest BCUT2D eigenvalue weighted by molar-refractivity contribution is 5.96. The van der Waals surface area contributed by atoms with Gasteiger partial charge in [-0.2, -0.15) is 0 Å². The zero-order chi connectivity index (χ0) is 29.8. The van der Waals surface area contributed by atoms with Crippen LogP contribution >= 0.6 is 0 Å². The number of morpholine rings is 1. The summed E-state index contributed by atoms with van der Waals surface area (Å²) in [6, 6.07) is 8.59. The van der Waals surface area contributed by atoms with Gasteiger partial charge in [0.2, 0.25) is 18.0 Å². The molecule has 224 valence electrons. The molecule has 7 rings (SSSR count). The fourth-order valence-corrected chi connectivity index (χ4v) is 6.27. The molecular weight excluding hydrogens is 570 g/mol. The van der Waals surface area contributed by atoms with E-state index in [9.17, 15) is 18.8 Å². The van der Waals surface area contributed by atoms with Crippen LogP contribution in [-0.2, 0) is 20.8 Å². The van der Waals surface area contributed by atoms with Crippen LogP contribution in [0, 0.1) is 11.6 Å². The highest BCUT2D eigenvalue weighted by Crippen LogP contribution is 2.48. The lowest BCUT2D eigenvalue weighted by atomic mass is 9.92. The van der Waals surface area contributed by atoms with Gasteiger partial charge in [0, 0.05) is 36.5 Å². The Morgan fingerprint density at radius 2 is 1.93 bits per heavy atom. The van der Waals surface area contributed by atoms with E-state index in [2.05, 4.69) is 4.74 Å². The molecule has 0 N–H and O–H groups in total. The van der Waals surface area contributed by atoms with Crippen LogP contribution in [0.3, 0.4) is 0 Å². The lowest BCUT2D eigenvalue weighted by molar-refractivity contribution is -0.0208. The van der Waals surface area contributed by atoms with Crippen LogP contribution in [0.2, 0.25) is 0 Å². The Labute approximate surface area is 243 Å². The molecular formula is C29H26F2N4O8. The van der Waals surface area contributed by atoms with E-state index in [0.29, 0.717) is 24.5 Å². The molecule has 2 aromatic carbocycles. The van der Waals surface area contributed by atoms with Crippen molar-refractivity contribution in [3.8, 4) is 11.5 Å². The second-order valence-corrected chi connectivity index (χ2v) is 10.3. The molecule has 2 unspecified atom stereocenters. The quantitative estimate of drug-likeness (QED) is 0.329. The van der Waals surface area contributed by atoms with Crippen molar-refractivity contribution in [2.75, 3.05) is 56.7 Å². The topological polar surface area (TPSA) is 112 Å². The summed E-state index contributed by atoms with van der Waals surface area (Å²) in [6.07, 6.45) is -0.298. The Bertz CT molecular complexity index is 1700. The van der Waals surface area contributed by atoms with Gasteiger partial charge < -0.3 is 33.5 Å². The number of nitrogens with zero attached hydrogens (tertiary/aromatic N) is 4. The van der Waals surface area contributed by atoms with E-state index in [1.165, 1.54) is 16.9 Å². The average Bonchev–Trinajstić information content (AvgIpc) is 3.16. The summed E-state index contributed by atoms with van der Waals surface area (Å²) in [5.74, 6) is -2.19. The van der Waals surface area contributed by atoms with Gasteiger partial charge in [-0.15, -0.1) is 0 Å². The van der Waals surface area contributed by atoms with Crippen molar-refractivity contribution < 1.29 is 42.1 Å². The third-order valence-corrected chi connectivity index (χ3v) is 8.10. The molecule has 0 saturated carbocycles. The fourth-order valence-electron chi connectivity index (χ4n) is 6.27. The van der Waals surface area contributed by atoms with Gasteiger partial charge in [-0.3, -0.25) is 19.3 Å². The van der Waals surface area contributed by atoms with E-state index in [1.54, 1.807) is 11.0 Å². The van der Waals surface area contributed by atoms with E-state index in [-0.39, 0.29) is 43.3 Å². The maximum atomic E-state index is 15.6. The molecule has 0 bridgehead atoms. The van der Waals surface area contributed by atoms with Gasteiger partial charge in [-0.25, -0.2) is 13.6 Å². The van der Waals surface area contributed by atoms with Gasteiger partial charge in [-0.05, 0) is 17.7 Å². The first-order valence-corrected chi connectivity index (χ1v) is 13.6. The molecule has 43 heavy (non-hydrogen) atoms. The van der Waals surface area contributed by atoms with Crippen LogP contribution in [0.25, 0.3) is 0 Å². The number of pyridine rings is 1. The molecule has 1 aromatic heterocycles. The lowest BCUT2D eigenvalue weighted by Crippen LogP contribution is -2.66. The first kappa shape index (κ1) is 27.0. The van der Waals surface area contributed by atoms with Crippen molar-refractivity contribution in [3.05, 3.63) is 86.8 Å². The van der Waals surface area contributed by atoms with E-state index < -0.39 is 48.1 Å². The van der Waals surface area contributed by atoms with Crippen LogP contribution in [-0.4, -0.2) is 74.6 Å². The minimum absolute atomic E-state index is 0.0939. The zero-order valence-electron chi connectivity index (χ0n) is 23.0. The molecule has 2 atom stereocenters. The van der Waals surface area contributed by atoms with Crippen LogP contribution < -0.4 is 24.8 Å². The van der Waals surface area contributed by atoms with Crippen molar-refractivity contribution >= 4 is 17.7 Å². The SMILES string of the molecule is COC(=O)OCOc1c2n(ccc1=O)N(C1c3ccc(F)c(F)c3CN3CCOc4cccc1c43)C1COCCN1C2=O. The second kappa shape index (κ2) is 10.5. The Hall–Kier alpha value is -4.85. The second-order valence-electron chi connectivity index (χ2n) is 10.3. The maximum Gasteiger partial charge on any atom is 0.510 e. The maximum absolute atomic E-state index is 15.6. The number of anilines is 1. The number of benzene rings is 2. The van der Waals surface area contributed by atoms with Crippen molar-refractivity contribution in [1.82, 2.24) is 9.58 Å². The summed E-state index contributed by atoms with van der Waals surface area (Å²) in [5, 5.41) is 1.81. The van der Waals surface area contributed by atoms with E-state index in [4.69, 9.17) is 18.9 Å². The van der Waals surface area contributed by atoms with Crippen LogP contribution in [0.1, 0.15) is 33.2 Å². The summed E-state index contributed by atoms with van der Waals surface area (Å²) in [5.41, 5.74) is 1.35.